The number of anilines is 1. The summed E-state index contributed by atoms with van der Waals surface area (Å²) in [4.78, 5) is 12.0. The summed E-state index contributed by atoms with van der Waals surface area (Å²) < 4.78 is 5.61. The van der Waals surface area contributed by atoms with Gasteiger partial charge in [-0.2, -0.15) is 0 Å². The van der Waals surface area contributed by atoms with Crippen LogP contribution in [0.4, 0.5) is 5.69 Å². The average molecular weight is 311 g/mol. The number of hydrogen-bond donors (Lipinski definition) is 2. The van der Waals surface area contributed by atoms with Crippen LogP contribution in [-0.2, 0) is 4.79 Å². The molecule has 0 aromatic heterocycles. The lowest BCUT2D eigenvalue weighted by Gasteiger charge is -2.13. The molecule has 1 aliphatic heterocycles. The Morgan fingerprint density at radius 2 is 2.33 bits per heavy atom. The highest BCUT2D eigenvalue weighted by Gasteiger charge is 2.17. The molecular weight excluding hydrogens is 288 g/mol. The summed E-state index contributed by atoms with van der Waals surface area (Å²) in [6, 6.07) is 5.65. The quantitative estimate of drug-likeness (QED) is 0.846. The van der Waals surface area contributed by atoms with E-state index in [1.54, 1.807) is 12.1 Å². The lowest BCUT2D eigenvalue weighted by Crippen LogP contribution is -2.27. The number of halogens is 1. The zero-order chi connectivity index (χ0) is 15.2. The predicted octanol–water partition coefficient (Wildman–Crippen LogP) is 3.46. The van der Waals surface area contributed by atoms with Crippen LogP contribution in [0.25, 0.3) is 0 Å². The Kier molecular flexibility index (Phi) is 5.88. The van der Waals surface area contributed by atoms with Crippen molar-refractivity contribution in [2.45, 2.75) is 39.2 Å². The SMILES string of the molecule is CC(C)COc1ccc(NC(=O)CC2CCCN2)cc1Cl. The van der Waals surface area contributed by atoms with Gasteiger partial charge in [0.25, 0.3) is 0 Å². The second-order valence-corrected chi connectivity index (χ2v) is 6.30. The molecule has 5 heteroatoms. The zero-order valence-electron chi connectivity index (χ0n) is 12.6. The molecule has 1 saturated heterocycles. The first-order valence-electron chi connectivity index (χ1n) is 7.50. The summed E-state index contributed by atoms with van der Waals surface area (Å²) in [6.07, 6.45) is 2.71. The zero-order valence-corrected chi connectivity index (χ0v) is 13.4. The maximum atomic E-state index is 12.0. The lowest BCUT2D eigenvalue weighted by atomic mass is 10.1. The van der Waals surface area contributed by atoms with Gasteiger partial charge in [0.05, 0.1) is 11.6 Å². The van der Waals surface area contributed by atoms with Crippen molar-refractivity contribution < 1.29 is 9.53 Å². The molecule has 21 heavy (non-hydrogen) atoms. The summed E-state index contributed by atoms with van der Waals surface area (Å²) in [6.45, 7) is 5.80. The maximum Gasteiger partial charge on any atom is 0.225 e. The van der Waals surface area contributed by atoms with E-state index >= 15 is 0 Å². The highest BCUT2D eigenvalue weighted by atomic mass is 35.5. The van der Waals surface area contributed by atoms with Crippen molar-refractivity contribution in [3.05, 3.63) is 23.2 Å². The van der Waals surface area contributed by atoms with Crippen LogP contribution in [-0.4, -0.2) is 25.1 Å². The Morgan fingerprint density at radius 1 is 1.52 bits per heavy atom. The minimum Gasteiger partial charge on any atom is -0.492 e. The van der Waals surface area contributed by atoms with E-state index < -0.39 is 0 Å². The minimum absolute atomic E-state index is 0.0151. The molecule has 0 spiro atoms. The van der Waals surface area contributed by atoms with Crippen LogP contribution in [0.15, 0.2) is 18.2 Å². The number of amides is 1. The first-order valence-corrected chi connectivity index (χ1v) is 7.88. The van der Waals surface area contributed by atoms with Gasteiger partial charge in [0.15, 0.2) is 0 Å². The van der Waals surface area contributed by atoms with Crippen molar-refractivity contribution in [1.82, 2.24) is 5.32 Å². The molecule has 0 saturated carbocycles. The third-order valence-corrected chi connectivity index (χ3v) is 3.68. The van der Waals surface area contributed by atoms with Gasteiger partial charge in [0.1, 0.15) is 5.75 Å². The molecule has 0 aliphatic carbocycles. The number of nitrogens with one attached hydrogen (secondary N) is 2. The van der Waals surface area contributed by atoms with Gasteiger partial charge in [-0.25, -0.2) is 0 Å². The van der Waals surface area contributed by atoms with E-state index in [-0.39, 0.29) is 5.91 Å². The standard InChI is InChI=1S/C16H23ClN2O2/c1-11(2)10-21-15-6-5-13(8-14(15)17)19-16(20)9-12-4-3-7-18-12/h5-6,8,11-12,18H,3-4,7,9-10H2,1-2H3,(H,19,20). The summed E-state index contributed by atoms with van der Waals surface area (Å²) in [7, 11) is 0. The van der Waals surface area contributed by atoms with Gasteiger partial charge in [0.2, 0.25) is 5.91 Å². The van der Waals surface area contributed by atoms with Crippen molar-refractivity contribution in [3.8, 4) is 5.75 Å². The van der Waals surface area contributed by atoms with Crippen molar-refractivity contribution in [2.75, 3.05) is 18.5 Å². The van der Waals surface area contributed by atoms with E-state index in [0.29, 0.717) is 41.4 Å². The van der Waals surface area contributed by atoms with Crippen LogP contribution in [0.1, 0.15) is 33.1 Å². The Bertz CT molecular complexity index is 485. The smallest absolute Gasteiger partial charge is 0.225 e. The van der Waals surface area contributed by atoms with Crippen molar-refractivity contribution in [2.24, 2.45) is 5.92 Å². The summed E-state index contributed by atoms with van der Waals surface area (Å²) in [5, 5.41) is 6.72. The summed E-state index contributed by atoms with van der Waals surface area (Å²) >= 11 is 6.18. The fraction of sp³-hybridized carbons (Fsp3) is 0.562. The normalized spacial score (nSPS) is 18.0. The number of carbonyl (C=O) groups is 1. The predicted molar refractivity (Wildman–Crippen MR) is 86.1 cm³/mol. The van der Waals surface area contributed by atoms with Crippen molar-refractivity contribution in [1.29, 1.82) is 0 Å². The van der Waals surface area contributed by atoms with Gasteiger partial charge in [-0.05, 0) is 43.5 Å². The Hall–Kier alpha value is -1.26. The van der Waals surface area contributed by atoms with E-state index in [9.17, 15) is 4.79 Å². The molecule has 2 N–H and O–H groups in total. The van der Waals surface area contributed by atoms with Gasteiger partial charge >= 0.3 is 0 Å². The Morgan fingerprint density at radius 3 is 2.95 bits per heavy atom. The molecule has 1 aromatic carbocycles. The monoisotopic (exact) mass is 310 g/mol. The molecule has 1 unspecified atom stereocenters. The average Bonchev–Trinajstić information content (AvgIpc) is 2.90. The van der Waals surface area contributed by atoms with Gasteiger partial charge < -0.3 is 15.4 Å². The van der Waals surface area contributed by atoms with Gasteiger partial charge in [-0.3, -0.25) is 4.79 Å². The van der Waals surface area contributed by atoms with Crippen LogP contribution in [0.2, 0.25) is 5.02 Å². The van der Waals surface area contributed by atoms with Gasteiger partial charge in [-0.1, -0.05) is 25.4 Å². The number of ether oxygens (including phenoxy) is 1. The molecule has 1 atom stereocenters. The Balaban J connectivity index is 1.88. The molecule has 1 fully saturated rings. The van der Waals surface area contributed by atoms with Crippen LogP contribution < -0.4 is 15.4 Å². The van der Waals surface area contributed by atoms with E-state index in [1.807, 2.05) is 6.07 Å². The number of carbonyl (C=O) groups excluding carboxylic acids is 1. The molecule has 1 aliphatic rings. The third kappa shape index (κ3) is 5.21. The summed E-state index contributed by atoms with van der Waals surface area (Å²) in [5.41, 5.74) is 0.708. The molecule has 1 amide bonds. The minimum atomic E-state index is 0.0151. The first-order chi connectivity index (χ1) is 10.0. The van der Waals surface area contributed by atoms with E-state index in [1.165, 1.54) is 0 Å². The highest BCUT2D eigenvalue weighted by molar-refractivity contribution is 6.32. The van der Waals surface area contributed by atoms with Crippen LogP contribution in [0.5, 0.6) is 5.75 Å². The molecule has 4 nitrogen and oxygen atoms in total. The first kappa shape index (κ1) is 16.1. The molecule has 0 radical (unpaired) electrons. The van der Waals surface area contributed by atoms with Crippen LogP contribution >= 0.6 is 11.6 Å². The molecule has 1 aromatic rings. The van der Waals surface area contributed by atoms with Gasteiger partial charge in [-0.15, -0.1) is 0 Å². The van der Waals surface area contributed by atoms with Crippen LogP contribution in [0, 0.1) is 5.92 Å². The third-order valence-electron chi connectivity index (χ3n) is 3.38. The largest absolute Gasteiger partial charge is 0.492 e. The number of hydrogen-bond acceptors (Lipinski definition) is 3. The maximum absolute atomic E-state index is 12.0. The molecule has 0 bridgehead atoms. The molecule has 116 valence electrons. The van der Waals surface area contributed by atoms with Crippen molar-refractivity contribution in [3.63, 3.8) is 0 Å². The Labute approximate surface area is 131 Å². The second kappa shape index (κ2) is 7.66. The lowest BCUT2D eigenvalue weighted by molar-refractivity contribution is -0.116. The fourth-order valence-electron chi connectivity index (χ4n) is 2.32. The topological polar surface area (TPSA) is 50.4 Å². The van der Waals surface area contributed by atoms with Crippen LogP contribution in [0.3, 0.4) is 0 Å². The molecule has 1 heterocycles. The van der Waals surface area contributed by atoms with E-state index in [4.69, 9.17) is 16.3 Å². The van der Waals surface area contributed by atoms with Crippen molar-refractivity contribution >= 4 is 23.2 Å². The fourth-order valence-corrected chi connectivity index (χ4v) is 2.55. The highest BCUT2D eigenvalue weighted by Crippen LogP contribution is 2.28. The number of benzene rings is 1. The van der Waals surface area contributed by atoms with E-state index in [2.05, 4.69) is 24.5 Å². The van der Waals surface area contributed by atoms with Gasteiger partial charge in [0, 0.05) is 18.2 Å². The number of rotatable bonds is 6. The summed E-state index contributed by atoms with van der Waals surface area (Å²) in [5.74, 6) is 1.11. The molecule has 2 rings (SSSR count). The second-order valence-electron chi connectivity index (χ2n) is 5.90. The molecular formula is C16H23ClN2O2. The van der Waals surface area contributed by atoms with E-state index in [0.717, 1.165) is 19.4 Å².